The van der Waals surface area contributed by atoms with Crippen molar-refractivity contribution in [1.29, 1.82) is 0 Å². The second kappa shape index (κ2) is 7.36. The molecule has 112 valence electrons. The van der Waals surface area contributed by atoms with E-state index in [1.807, 2.05) is 6.07 Å². The monoisotopic (exact) mass is 356 g/mol. The minimum Gasteiger partial charge on any atom is -0.485 e. The van der Waals surface area contributed by atoms with E-state index in [2.05, 4.69) is 33.2 Å². The van der Waals surface area contributed by atoms with Crippen LogP contribution in [0.3, 0.4) is 0 Å². The van der Waals surface area contributed by atoms with Crippen LogP contribution in [0.25, 0.3) is 0 Å². The van der Waals surface area contributed by atoms with Gasteiger partial charge in [0.05, 0.1) is 4.47 Å². The van der Waals surface area contributed by atoms with Gasteiger partial charge in [0.1, 0.15) is 18.2 Å². The number of aromatic nitrogens is 1. The molecule has 0 bridgehead atoms. The van der Waals surface area contributed by atoms with E-state index in [0.717, 1.165) is 30.4 Å². The molecule has 0 unspecified atom stereocenters. The van der Waals surface area contributed by atoms with Gasteiger partial charge in [-0.05, 0) is 46.1 Å². The number of hydrogen-bond donors (Lipinski definition) is 1. The maximum atomic E-state index is 13.6. The Hall–Kier alpha value is -1.69. The van der Waals surface area contributed by atoms with Gasteiger partial charge in [-0.1, -0.05) is 6.92 Å². The fraction of sp³-hybridized carbons (Fsp3) is 0.267. The van der Waals surface area contributed by atoms with Crippen molar-refractivity contribution in [1.82, 2.24) is 4.98 Å². The fourth-order valence-corrected chi connectivity index (χ4v) is 2.26. The minimum atomic E-state index is -0.736. The summed E-state index contributed by atoms with van der Waals surface area (Å²) in [5.74, 6) is -0.644. The van der Waals surface area contributed by atoms with Crippen molar-refractivity contribution in [3.05, 3.63) is 52.1 Å². The largest absolute Gasteiger partial charge is 0.485 e. The highest BCUT2D eigenvalue weighted by molar-refractivity contribution is 9.10. The topological polar surface area (TPSA) is 34.1 Å². The van der Waals surface area contributed by atoms with Gasteiger partial charge >= 0.3 is 0 Å². The maximum Gasteiger partial charge on any atom is 0.169 e. The zero-order valence-electron chi connectivity index (χ0n) is 11.5. The smallest absolute Gasteiger partial charge is 0.169 e. The molecular weight excluding hydrogens is 342 g/mol. The number of pyridine rings is 1. The highest BCUT2D eigenvalue weighted by atomic mass is 79.9. The molecule has 1 heterocycles. The molecule has 0 aliphatic carbocycles. The molecule has 1 aromatic heterocycles. The van der Waals surface area contributed by atoms with Crippen LogP contribution in [0, 0.1) is 11.6 Å². The summed E-state index contributed by atoms with van der Waals surface area (Å²) in [6.07, 6.45) is 2.66. The van der Waals surface area contributed by atoms with E-state index in [1.54, 1.807) is 12.3 Å². The lowest BCUT2D eigenvalue weighted by atomic mass is 10.2. The van der Waals surface area contributed by atoms with Crippen molar-refractivity contribution >= 4 is 21.7 Å². The summed E-state index contributed by atoms with van der Waals surface area (Å²) in [6.45, 7) is 3.06. The second-order valence-corrected chi connectivity index (χ2v) is 5.32. The van der Waals surface area contributed by atoms with Gasteiger partial charge in [-0.15, -0.1) is 0 Å². The summed E-state index contributed by atoms with van der Waals surface area (Å²) in [5.41, 5.74) is 0.847. The Bertz CT molecular complexity index is 599. The Morgan fingerprint density at radius 2 is 2.10 bits per heavy atom. The first kappa shape index (κ1) is 15.7. The van der Waals surface area contributed by atoms with E-state index in [9.17, 15) is 8.78 Å². The predicted octanol–water partition coefficient (Wildman–Crippen LogP) is 4.52. The number of nitrogens with zero attached hydrogens (tertiary/aromatic N) is 1. The van der Waals surface area contributed by atoms with Gasteiger partial charge in [-0.2, -0.15) is 0 Å². The molecule has 21 heavy (non-hydrogen) atoms. The van der Waals surface area contributed by atoms with Crippen LogP contribution in [0.1, 0.15) is 18.9 Å². The summed E-state index contributed by atoms with van der Waals surface area (Å²) in [5, 5.41) is 3.16. The first-order valence-corrected chi connectivity index (χ1v) is 7.35. The third kappa shape index (κ3) is 4.39. The normalized spacial score (nSPS) is 10.5. The van der Waals surface area contributed by atoms with E-state index in [4.69, 9.17) is 4.74 Å². The molecule has 0 saturated carbocycles. The Morgan fingerprint density at radius 3 is 2.81 bits per heavy atom. The molecular formula is C15H15BrF2N2O. The number of ether oxygens (including phenoxy) is 1. The highest BCUT2D eigenvalue weighted by Crippen LogP contribution is 2.30. The third-order valence-corrected chi connectivity index (χ3v) is 3.32. The molecule has 0 atom stereocenters. The number of anilines is 1. The quantitative estimate of drug-likeness (QED) is 0.825. The van der Waals surface area contributed by atoms with Gasteiger partial charge in [0.25, 0.3) is 0 Å². The first-order chi connectivity index (χ1) is 10.1. The molecule has 2 aromatic rings. The van der Waals surface area contributed by atoms with Crippen molar-refractivity contribution in [2.45, 2.75) is 20.0 Å². The predicted molar refractivity (Wildman–Crippen MR) is 81.4 cm³/mol. The van der Waals surface area contributed by atoms with Crippen LogP contribution in [-0.2, 0) is 6.61 Å². The molecule has 2 rings (SSSR count). The maximum absolute atomic E-state index is 13.6. The number of hydrogen-bond acceptors (Lipinski definition) is 3. The van der Waals surface area contributed by atoms with Gasteiger partial charge in [0.2, 0.25) is 0 Å². The highest BCUT2D eigenvalue weighted by Gasteiger charge is 2.11. The van der Waals surface area contributed by atoms with E-state index in [0.29, 0.717) is 0 Å². The van der Waals surface area contributed by atoms with Crippen molar-refractivity contribution in [2.24, 2.45) is 0 Å². The van der Waals surface area contributed by atoms with Crippen LogP contribution in [0.4, 0.5) is 14.6 Å². The summed E-state index contributed by atoms with van der Waals surface area (Å²) < 4.78 is 32.3. The summed E-state index contributed by atoms with van der Waals surface area (Å²) >= 11 is 3.09. The third-order valence-electron chi connectivity index (χ3n) is 2.73. The first-order valence-electron chi connectivity index (χ1n) is 6.56. The standard InChI is InChI=1S/C15H15BrF2N2O/c1-2-4-19-14-6-10(3-5-20-14)9-21-15-12(16)7-11(17)8-13(15)18/h3,5-8H,2,4,9H2,1H3,(H,19,20). The van der Waals surface area contributed by atoms with Crippen LogP contribution in [-0.4, -0.2) is 11.5 Å². The molecule has 0 spiro atoms. The summed E-state index contributed by atoms with van der Waals surface area (Å²) in [4.78, 5) is 4.18. The minimum absolute atomic E-state index is 0.00344. The summed E-state index contributed by atoms with van der Waals surface area (Å²) in [7, 11) is 0. The number of rotatable bonds is 6. The molecule has 1 N–H and O–H groups in total. The van der Waals surface area contributed by atoms with Crippen LogP contribution in [0.2, 0.25) is 0 Å². The lowest BCUT2D eigenvalue weighted by molar-refractivity contribution is 0.287. The van der Waals surface area contributed by atoms with Crippen LogP contribution in [0.5, 0.6) is 5.75 Å². The summed E-state index contributed by atoms with van der Waals surface area (Å²) in [6, 6.07) is 5.58. The van der Waals surface area contributed by atoms with E-state index < -0.39 is 11.6 Å². The average Bonchev–Trinajstić information content (AvgIpc) is 2.44. The molecule has 0 fully saturated rings. The zero-order chi connectivity index (χ0) is 15.2. The molecule has 0 saturated heterocycles. The van der Waals surface area contributed by atoms with Crippen molar-refractivity contribution in [3.63, 3.8) is 0 Å². The Kier molecular flexibility index (Phi) is 5.50. The van der Waals surface area contributed by atoms with Crippen LogP contribution >= 0.6 is 15.9 Å². The molecule has 1 aromatic carbocycles. The van der Waals surface area contributed by atoms with Gasteiger partial charge in [0, 0.05) is 18.8 Å². The van der Waals surface area contributed by atoms with E-state index in [-0.39, 0.29) is 16.8 Å². The zero-order valence-corrected chi connectivity index (χ0v) is 13.1. The van der Waals surface area contributed by atoms with Crippen LogP contribution < -0.4 is 10.1 Å². The molecule has 0 aliphatic heterocycles. The SMILES string of the molecule is CCCNc1cc(COc2c(F)cc(F)cc2Br)ccn1. The Labute approximate surface area is 130 Å². The van der Waals surface area contributed by atoms with Gasteiger partial charge in [0.15, 0.2) is 11.6 Å². The van der Waals surface area contributed by atoms with E-state index >= 15 is 0 Å². The number of halogens is 3. The van der Waals surface area contributed by atoms with Gasteiger partial charge < -0.3 is 10.1 Å². The van der Waals surface area contributed by atoms with E-state index in [1.165, 1.54) is 6.07 Å². The average molecular weight is 357 g/mol. The second-order valence-electron chi connectivity index (χ2n) is 4.46. The van der Waals surface area contributed by atoms with Crippen molar-refractivity contribution in [3.8, 4) is 5.75 Å². The van der Waals surface area contributed by atoms with Crippen molar-refractivity contribution in [2.75, 3.05) is 11.9 Å². The fourth-order valence-electron chi connectivity index (χ4n) is 1.74. The van der Waals surface area contributed by atoms with Gasteiger partial charge in [-0.3, -0.25) is 0 Å². The molecule has 3 nitrogen and oxygen atoms in total. The molecule has 0 radical (unpaired) electrons. The van der Waals surface area contributed by atoms with Gasteiger partial charge in [-0.25, -0.2) is 13.8 Å². The lowest BCUT2D eigenvalue weighted by Gasteiger charge is -2.10. The number of nitrogens with one attached hydrogen (secondary N) is 1. The molecule has 0 amide bonds. The van der Waals surface area contributed by atoms with Crippen LogP contribution in [0.15, 0.2) is 34.9 Å². The Balaban J connectivity index is 2.06. The van der Waals surface area contributed by atoms with Crippen molar-refractivity contribution < 1.29 is 13.5 Å². The number of benzene rings is 1. The Morgan fingerprint density at radius 1 is 1.29 bits per heavy atom. The lowest BCUT2D eigenvalue weighted by Crippen LogP contribution is -2.04. The molecule has 0 aliphatic rings. The molecule has 6 heteroatoms.